The number of aliphatic carboxylic acids is 1. The van der Waals surface area contributed by atoms with Gasteiger partial charge in [-0.1, -0.05) is 36.4 Å². The molecule has 2 aromatic carbocycles. The molecule has 1 saturated heterocycles. The lowest BCUT2D eigenvalue weighted by atomic mass is 10.0. The molecule has 1 fully saturated rings. The Morgan fingerprint density at radius 2 is 1.90 bits per heavy atom. The molecule has 7 heteroatoms. The number of rotatable bonds is 5. The normalized spacial score (nSPS) is 15.9. The van der Waals surface area contributed by atoms with Crippen molar-refractivity contribution in [2.75, 3.05) is 13.2 Å². The van der Waals surface area contributed by atoms with Crippen LogP contribution in [0, 0.1) is 6.92 Å². The summed E-state index contributed by atoms with van der Waals surface area (Å²) >= 11 is 0. The Morgan fingerprint density at radius 3 is 2.62 bits per heavy atom. The first kappa shape index (κ1) is 19.1. The maximum absolute atomic E-state index is 12.9. The Morgan fingerprint density at radius 1 is 1.17 bits per heavy atom. The summed E-state index contributed by atoms with van der Waals surface area (Å²) in [6.45, 7) is 3.19. The molecule has 2 heterocycles. The van der Waals surface area contributed by atoms with E-state index in [1.165, 1.54) is 6.20 Å². The van der Waals surface area contributed by atoms with Crippen LogP contribution in [-0.4, -0.2) is 40.0 Å². The largest absolute Gasteiger partial charge is 0.479 e. The monoisotopic (exact) mass is 393 g/mol. The summed E-state index contributed by atoms with van der Waals surface area (Å²) in [5, 5.41) is 18.7. The number of nitrogens with zero attached hydrogens (tertiary/aromatic N) is 2. The minimum Gasteiger partial charge on any atom is -0.479 e. The SMILES string of the molecule is Cc1c(C(=O)NC(C(=O)O)c2ccc3ccccc3c2)cnn1C1CCOCC1. The summed E-state index contributed by atoms with van der Waals surface area (Å²) in [5.41, 5.74) is 1.65. The molecule has 3 aromatic rings. The molecule has 1 atom stereocenters. The number of hydrogen-bond donors (Lipinski definition) is 2. The number of aromatic nitrogens is 2. The Hall–Kier alpha value is -3.19. The van der Waals surface area contributed by atoms with Crippen molar-refractivity contribution in [1.29, 1.82) is 0 Å². The van der Waals surface area contributed by atoms with E-state index in [4.69, 9.17) is 4.74 Å². The molecular weight excluding hydrogens is 370 g/mol. The number of fused-ring (bicyclic) bond motifs is 1. The molecule has 2 N–H and O–H groups in total. The second-order valence-electron chi connectivity index (χ2n) is 7.28. The molecule has 1 aliphatic rings. The fourth-order valence-corrected chi connectivity index (χ4v) is 3.83. The first-order valence-electron chi connectivity index (χ1n) is 9.69. The second-order valence-corrected chi connectivity index (χ2v) is 7.28. The Labute approximate surface area is 168 Å². The van der Waals surface area contributed by atoms with Crippen LogP contribution in [0.1, 0.15) is 46.5 Å². The maximum atomic E-state index is 12.9. The quantitative estimate of drug-likeness (QED) is 0.694. The van der Waals surface area contributed by atoms with Crippen LogP contribution >= 0.6 is 0 Å². The van der Waals surface area contributed by atoms with E-state index in [1.807, 2.05) is 41.9 Å². The number of amides is 1. The van der Waals surface area contributed by atoms with Crippen molar-refractivity contribution in [3.63, 3.8) is 0 Å². The topological polar surface area (TPSA) is 93.5 Å². The molecule has 1 aromatic heterocycles. The molecule has 0 saturated carbocycles. The summed E-state index contributed by atoms with van der Waals surface area (Å²) in [6.07, 6.45) is 3.20. The number of benzene rings is 2. The molecule has 0 spiro atoms. The number of carboxylic acid groups (broad SMARTS) is 1. The van der Waals surface area contributed by atoms with Crippen molar-refractivity contribution >= 4 is 22.6 Å². The number of ether oxygens (including phenoxy) is 1. The van der Waals surface area contributed by atoms with Crippen LogP contribution in [-0.2, 0) is 9.53 Å². The van der Waals surface area contributed by atoms with Crippen molar-refractivity contribution in [3.05, 3.63) is 65.5 Å². The molecule has 0 bridgehead atoms. The van der Waals surface area contributed by atoms with Gasteiger partial charge in [0, 0.05) is 18.9 Å². The van der Waals surface area contributed by atoms with Crippen LogP contribution in [0.3, 0.4) is 0 Å². The van der Waals surface area contributed by atoms with E-state index in [2.05, 4.69) is 10.4 Å². The molecule has 1 aliphatic heterocycles. The second kappa shape index (κ2) is 8.05. The minimum absolute atomic E-state index is 0.195. The first-order chi connectivity index (χ1) is 14.0. The number of carboxylic acids is 1. The van der Waals surface area contributed by atoms with Crippen molar-refractivity contribution in [1.82, 2.24) is 15.1 Å². The van der Waals surface area contributed by atoms with Crippen molar-refractivity contribution in [3.8, 4) is 0 Å². The highest BCUT2D eigenvalue weighted by atomic mass is 16.5. The molecule has 0 radical (unpaired) electrons. The minimum atomic E-state index is -1.14. The van der Waals surface area contributed by atoms with Gasteiger partial charge in [0.05, 0.1) is 17.8 Å². The molecule has 150 valence electrons. The third-order valence-electron chi connectivity index (χ3n) is 5.46. The first-order valence-corrected chi connectivity index (χ1v) is 9.69. The molecule has 0 aliphatic carbocycles. The molecular formula is C22H23N3O4. The van der Waals surface area contributed by atoms with Crippen LogP contribution in [0.4, 0.5) is 0 Å². The van der Waals surface area contributed by atoms with Gasteiger partial charge in [0.25, 0.3) is 5.91 Å². The Kier molecular flexibility index (Phi) is 5.31. The lowest BCUT2D eigenvalue weighted by Gasteiger charge is -2.23. The van der Waals surface area contributed by atoms with Crippen LogP contribution in [0.15, 0.2) is 48.7 Å². The number of carbonyl (C=O) groups excluding carboxylic acids is 1. The summed E-state index contributed by atoms with van der Waals surface area (Å²) in [7, 11) is 0. The highest BCUT2D eigenvalue weighted by Crippen LogP contribution is 2.24. The predicted octanol–water partition coefficient (Wildman–Crippen LogP) is 3.25. The molecule has 4 rings (SSSR count). The Bertz CT molecular complexity index is 1050. The lowest BCUT2D eigenvalue weighted by Crippen LogP contribution is -2.34. The van der Waals surface area contributed by atoms with Crippen molar-refractivity contribution < 1.29 is 19.4 Å². The van der Waals surface area contributed by atoms with Gasteiger partial charge in [0.2, 0.25) is 0 Å². The van der Waals surface area contributed by atoms with E-state index in [0.29, 0.717) is 24.3 Å². The number of hydrogen-bond acceptors (Lipinski definition) is 4. The zero-order chi connectivity index (χ0) is 20.4. The van der Waals surface area contributed by atoms with Gasteiger partial charge in [-0.25, -0.2) is 4.79 Å². The molecule has 7 nitrogen and oxygen atoms in total. The van der Waals surface area contributed by atoms with Gasteiger partial charge in [0.15, 0.2) is 6.04 Å². The van der Waals surface area contributed by atoms with Gasteiger partial charge in [-0.2, -0.15) is 5.10 Å². The average molecular weight is 393 g/mol. The van der Waals surface area contributed by atoms with E-state index in [0.717, 1.165) is 29.3 Å². The van der Waals surface area contributed by atoms with E-state index >= 15 is 0 Å². The summed E-state index contributed by atoms with van der Waals surface area (Å²) in [5.74, 6) is -1.55. The summed E-state index contributed by atoms with van der Waals surface area (Å²) in [6, 6.07) is 12.2. The van der Waals surface area contributed by atoms with Gasteiger partial charge in [-0.05, 0) is 42.2 Å². The lowest BCUT2D eigenvalue weighted by molar-refractivity contribution is -0.139. The fraction of sp³-hybridized carbons (Fsp3) is 0.318. The van der Waals surface area contributed by atoms with E-state index in [-0.39, 0.29) is 6.04 Å². The van der Waals surface area contributed by atoms with Crippen LogP contribution in [0.5, 0.6) is 0 Å². The Balaban J connectivity index is 1.57. The number of carbonyl (C=O) groups is 2. The standard InChI is InChI=1S/C22H23N3O4/c1-14-19(13-23-25(14)18-8-10-29-11-9-18)21(26)24-20(22(27)28)17-7-6-15-4-2-3-5-16(15)12-17/h2-7,12-13,18,20H,8-11H2,1H3,(H,24,26)(H,27,28). The maximum Gasteiger partial charge on any atom is 0.330 e. The summed E-state index contributed by atoms with van der Waals surface area (Å²) < 4.78 is 7.24. The number of nitrogens with one attached hydrogen (secondary N) is 1. The highest BCUT2D eigenvalue weighted by molar-refractivity contribution is 5.98. The van der Waals surface area contributed by atoms with E-state index in [1.54, 1.807) is 12.1 Å². The van der Waals surface area contributed by atoms with E-state index < -0.39 is 17.9 Å². The predicted molar refractivity (Wildman–Crippen MR) is 108 cm³/mol. The fourth-order valence-electron chi connectivity index (χ4n) is 3.83. The van der Waals surface area contributed by atoms with Crippen molar-refractivity contribution in [2.24, 2.45) is 0 Å². The molecule has 1 amide bonds. The zero-order valence-corrected chi connectivity index (χ0v) is 16.2. The van der Waals surface area contributed by atoms with Crippen LogP contribution < -0.4 is 5.32 Å². The van der Waals surface area contributed by atoms with Gasteiger partial charge in [0.1, 0.15) is 0 Å². The molecule has 29 heavy (non-hydrogen) atoms. The summed E-state index contributed by atoms with van der Waals surface area (Å²) in [4.78, 5) is 24.8. The van der Waals surface area contributed by atoms with Gasteiger partial charge < -0.3 is 15.2 Å². The van der Waals surface area contributed by atoms with Crippen LogP contribution in [0.25, 0.3) is 10.8 Å². The van der Waals surface area contributed by atoms with Gasteiger partial charge >= 0.3 is 5.97 Å². The third-order valence-corrected chi connectivity index (χ3v) is 5.46. The zero-order valence-electron chi connectivity index (χ0n) is 16.2. The molecule has 1 unspecified atom stereocenters. The van der Waals surface area contributed by atoms with Gasteiger partial charge in [-0.3, -0.25) is 9.48 Å². The smallest absolute Gasteiger partial charge is 0.330 e. The third kappa shape index (κ3) is 3.86. The average Bonchev–Trinajstić information content (AvgIpc) is 3.13. The highest BCUT2D eigenvalue weighted by Gasteiger charge is 2.26. The van der Waals surface area contributed by atoms with Crippen LogP contribution in [0.2, 0.25) is 0 Å². The van der Waals surface area contributed by atoms with Gasteiger partial charge in [-0.15, -0.1) is 0 Å². The van der Waals surface area contributed by atoms with Crippen molar-refractivity contribution in [2.45, 2.75) is 31.8 Å². The van der Waals surface area contributed by atoms with E-state index in [9.17, 15) is 14.7 Å².